The second kappa shape index (κ2) is 7.12. The molecule has 1 aliphatic heterocycles. The molecule has 2 aromatic heterocycles. The molecule has 2 aromatic rings. The SMILES string of the molecule is CC[C@H]1O[C@@H](n2cnc3c(=O)[nH]c(NCC(C)C)nc32)CC1N=[N+]=[N-]. The number of imidazole rings is 1. The molecule has 0 saturated carbocycles. The van der Waals surface area contributed by atoms with Gasteiger partial charge < -0.3 is 10.1 Å². The minimum absolute atomic E-state index is 0.154. The van der Waals surface area contributed by atoms with E-state index < -0.39 is 0 Å². The van der Waals surface area contributed by atoms with E-state index in [1.807, 2.05) is 6.92 Å². The maximum atomic E-state index is 12.2. The van der Waals surface area contributed by atoms with Crippen molar-refractivity contribution in [3.63, 3.8) is 0 Å². The molecule has 134 valence electrons. The third-order valence-electron chi connectivity index (χ3n) is 4.23. The molecular formula is C15H22N8O2. The topological polar surface area (TPSA) is 134 Å². The number of ether oxygens (including phenoxy) is 1. The van der Waals surface area contributed by atoms with Crippen molar-refractivity contribution >= 4 is 17.1 Å². The molecule has 1 saturated heterocycles. The van der Waals surface area contributed by atoms with E-state index in [-0.39, 0.29) is 29.4 Å². The molecule has 1 unspecified atom stereocenters. The summed E-state index contributed by atoms with van der Waals surface area (Å²) in [4.78, 5) is 26.5. The summed E-state index contributed by atoms with van der Waals surface area (Å²) >= 11 is 0. The molecule has 3 heterocycles. The summed E-state index contributed by atoms with van der Waals surface area (Å²) in [6, 6.07) is -0.238. The average molecular weight is 346 g/mol. The van der Waals surface area contributed by atoms with E-state index in [4.69, 9.17) is 10.3 Å². The summed E-state index contributed by atoms with van der Waals surface area (Å²) < 4.78 is 7.73. The zero-order valence-corrected chi connectivity index (χ0v) is 14.5. The highest BCUT2D eigenvalue weighted by Crippen LogP contribution is 2.33. The van der Waals surface area contributed by atoms with Crippen LogP contribution in [0.15, 0.2) is 16.2 Å². The van der Waals surface area contributed by atoms with Crippen LogP contribution in [0.25, 0.3) is 21.6 Å². The van der Waals surface area contributed by atoms with Crippen molar-refractivity contribution < 1.29 is 4.74 Å². The van der Waals surface area contributed by atoms with Gasteiger partial charge in [-0.2, -0.15) is 4.98 Å². The zero-order valence-electron chi connectivity index (χ0n) is 14.5. The number of aromatic nitrogens is 4. The summed E-state index contributed by atoms with van der Waals surface area (Å²) in [5, 5.41) is 6.94. The molecule has 3 atom stereocenters. The van der Waals surface area contributed by atoms with E-state index in [9.17, 15) is 4.79 Å². The van der Waals surface area contributed by atoms with Crippen LogP contribution in [0.4, 0.5) is 5.95 Å². The first-order valence-electron chi connectivity index (χ1n) is 8.43. The second-order valence-corrected chi connectivity index (χ2v) is 6.56. The lowest BCUT2D eigenvalue weighted by molar-refractivity contribution is 0.000703. The second-order valence-electron chi connectivity index (χ2n) is 6.56. The Morgan fingerprint density at radius 2 is 2.40 bits per heavy atom. The number of fused-ring (bicyclic) bond motifs is 1. The number of azide groups is 1. The van der Waals surface area contributed by atoms with Gasteiger partial charge in [0, 0.05) is 17.9 Å². The predicted molar refractivity (Wildman–Crippen MR) is 93.2 cm³/mol. The molecule has 0 aliphatic carbocycles. The van der Waals surface area contributed by atoms with Gasteiger partial charge in [-0.15, -0.1) is 0 Å². The fourth-order valence-corrected chi connectivity index (χ4v) is 2.96. The third kappa shape index (κ3) is 3.45. The van der Waals surface area contributed by atoms with Gasteiger partial charge in [-0.05, 0) is 17.9 Å². The van der Waals surface area contributed by atoms with E-state index >= 15 is 0 Å². The molecule has 0 aromatic carbocycles. The van der Waals surface area contributed by atoms with Gasteiger partial charge in [0.15, 0.2) is 11.2 Å². The Labute approximate surface area is 144 Å². The van der Waals surface area contributed by atoms with Crippen LogP contribution >= 0.6 is 0 Å². The standard InChI is InChI=1S/C15H22N8O2/c1-4-10-9(21-22-16)5-11(25-10)23-7-18-12-13(23)19-15(20-14(12)24)17-6-8(2)3/h7-11H,4-6H2,1-3H3,(H2,17,19,20,24)/t9?,10-,11-/m1/s1. The van der Waals surface area contributed by atoms with Crippen LogP contribution in [0.5, 0.6) is 0 Å². The van der Waals surface area contributed by atoms with Gasteiger partial charge in [0.1, 0.15) is 6.23 Å². The molecule has 1 fully saturated rings. The highest BCUT2D eigenvalue weighted by Gasteiger charge is 2.35. The van der Waals surface area contributed by atoms with Crippen LogP contribution in [-0.4, -0.2) is 38.2 Å². The summed E-state index contributed by atoms with van der Waals surface area (Å²) in [6.45, 7) is 6.82. The lowest BCUT2D eigenvalue weighted by Gasteiger charge is -2.14. The van der Waals surface area contributed by atoms with Gasteiger partial charge in [-0.25, -0.2) is 4.98 Å². The molecule has 10 heteroatoms. The van der Waals surface area contributed by atoms with Crippen molar-refractivity contribution in [3.05, 3.63) is 27.1 Å². The number of nitrogens with one attached hydrogen (secondary N) is 2. The Balaban J connectivity index is 1.94. The van der Waals surface area contributed by atoms with Crippen LogP contribution in [0, 0.1) is 5.92 Å². The highest BCUT2D eigenvalue weighted by atomic mass is 16.5. The van der Waals surface area contributed by atoms with Crippen molar-refractivity contribution in [2.75, 3.05) is 11.9 Å². The molecule has 25 heavy (non-hydrogen) atoms. The van der Waals surface area contributed by atoms with Crippen molar-refractivity contribution in [2.24, 2.45) is 11.0 Å². The Bertz CT molecular complexity index is 851. The van der Waals surface area contributed by atoms with Crippen LogP contribution in [0.2, 0.25) is 0 Å². The largest absolute Gasteiger partial charge is 0.355 e. The van der Waals surface area contributed by atoms with Crippen molar-refractivity contribution in [2.45, 2.75) is 52.0 Å². The number of rotatable bonds is 6. The maximum Gasteiger partial charge on any atom is 0.280 e. The van der Waals surface area contributed by atoms with Crippen molar-refractivity contribution in [3.8, 4) is 0 Å². The van der Waals surface area contributed by atoms with Crippen LogP contribution in [-0.2, 0) is 4.74 Å². The number of hydrogen-bond acceptors (Lipinski definition) is 6. The van der Waals surface area contributed by atoms with E-state index in [1.54, 1.807) is 10.9 Å². The Hall–Kier alpha value is -2.58. The monoisotopic (exact) mass is 346 g/mol. The minimum atomic E-state index is -0.363. The van der Waals surface area contributed by atoms with Gasteiger partial charge in [0.2, 0.25) is 5.95 Å². The van der Waals surface area contributed by atoms with Crippen LogP contribution < -0.4 is 10.9 Å². The number of anilines is 1. The first-order chi connectivity index (χ1) is 12.0. The quantitative estimate of drug-likeness (QED) is 0.471. The molecular weight excluding hydrogens is 324 g/mol. The fraction of sp³-hybridized carbons (Fsp3) is 0.667. The summed E-state index contributed by atoms with van der Waals surface area (Å²) in [6.07, 6.45) is 2.30. The van der Waals surface area contributed by atoms with Crippen LogP contribution in [0.3, 0.4) is 0 Å². The zero-order chi connectivity index (χ0) is 18.0. The minimum Gasteiger partial charge on any atom is -0.355 e. The molecule has 0 amide bonds. The number of H-pyrrole nitrogens is 1. The molecule has 2 N–H and O–H groups in total. The Morgan fingerprint density at radius 1 is 1.60 bits per heavy atom. The van der Waals surface area contributed by atoms with E-state index in [2.05, 4.69) is 44.1 Å². The summed E-state index contributed by atoms with van der Waals surface area (Å²) in [5.41, 5.74) is 9.14. The lowest BCUT2D eigenvalue weighted by atomic mass is 10.1. The Kier molecular flexibility index (Phi) is 4.91. The molecule has 10 nitrogen and oxygen atoms in total. The van der Waals surface area contributed by atoms with Crippen molar-refractivity contribution in [1.82, 2.24) is 19.5 Å². The van der Waals surface area contributed by atoms with Gasteiger partial charge in [0.05, 0.1) is 18.5 Å². The maximum absolute atomic E-state index is 12.2. The third-order valence-corrected chi connectivity index (χ3v) is 4.23. The highest BCUT2D eigenvalue weighted by molar-refractivity contribution is 5.70. The van der Waals surface area contributed by atoms with Gasteiger partial charge in [-0.1, -0.05) is 25.9 Å². The fourth-order valence-electron chi connectivity index (χ4n) is 2.96. The molecule has 1 aliphatic rings. The number of aromatic amines is 1. The molecule has 0 spiro atoms. The predicted octanol–water partition coefficient (Wildman–Crippen LogP) is 2.56. The van der Waals surface area contributed by atoms with E-state index in [1.165, 1.54) is 0 Å². The van der Waals surface area contributed by atoms with Crippen LogP contribution in [0.1, 0.15) is 39.8 Å². The van der Waals surface area contributed by atoms with Gasteiger partial charge in [0.25, 0.3) is 5.56 Å². The normalized spacial score (nSPS) is 23.1. The van der Waals surface area contributed by atoms with Gasteiger partial charge in [-0.3, -0.25) is 14.3 Å². The molecule has 0 radical (unpaired) electrons. The Morgan fingerprint density at radius 3 is 3.08 bits per heavy atom. The first kappa shape index (κ1) is 17.2. The average Bonchev–Trinajstić information content (AvgIpc) is 3.17. The van der Waals surface area contributed by atoms with Gasteiger partial charge >= 0.3 is 0 Å². The smallest absolute Gasteiger partial charge is 0.280 e. The number of hydrogen-bond donors (Lipinski definition) is 2. The van der Waals surface area contributed by atoms with Crippen molar-refractivity contribution in [1.29, 1.82) is 0 Å². The summed E-state index contributed by atoms with van der Waals surface area (Å²) in [5.74, 6) is 0.823. The molecule has 3 rings (SSSR count). The number of nitrogens with zero attached hydrogens (tertiary/aromatic N) is 6. The van der Waals surface area contributed by atoms with E-state index in [0.717, 1.165) is 6.42 Å². The first-order valence-corrected chi connectivity index (χ1v) is 8.43. The summed E-state index contributed by atoms with van der Waals surface area (Å²) in [7, 11) is 0. The van der Waals surface area contributed by atoms with E-state index in [0.29, 0.717) is 30.5 Å². The molecule has 0 bridgehead atoms. The lowest BCUT2D eigenvalue weighted by Crippen LogP contribution is -2.18.